The number of ether oxygens (including phenoxy) is 1. The Kier molecular flexibility index (Phi) is 5.16. The number of benzene rings is 1. The average Bonchev–Trinajstić information content (AvgIpc) is 2.59. The number of anilines is 1. The Balaban J connectivity index is 1.85. The third-order valence-corrected chi connectivity index (χ3v) is 4.00. The van der Waals surface area contributed by atoms with E-state index in [0.717, 1.165) is 11.1 Å². The zero-order valence-electron chi connectivity index (χ0n) is 14.6. The molecule has 0 bridgehead atoms. The summed E-state index contributed by atoms with van der Waals surface area (Å²) in [7, 11) is 0. The predicted octanol–water partition coefficient (Wildman–Crippen LogP) is 2.81. The van der Waals surface area contributed by atoms with E-state index in [-0.39, 0.29) is 24.4 Å². The van der Waals surface area contributed by atoms with E-state index >= 15 is 0 Å². The molecule has 2 heterocycles. The second kappa shape index (κ2) is 7.51. The molecule has 1 unspecified atom stereocenters. The smallest absolute Gasteiger partial charge is 0.408 e. The summed E-state index contributed by atoms with van der Waals surface area (Å²) < 4.78 is 18.2. The van der Waals surface area contributed by atoms with E-state index in [1.807, 2.05) is 6.07 Å². The summed E-state index contributed by atoms with van der Waals surface area (Å²) in [4.78, 5) is 30.7. The summed E-state index contributed by atoms with van der Waals surface area (Å²) in [5, 5.41) is 2.63. The van der Waals surface area contributed by atoms with Crippen LogP contribution in [0, 0.1) is 5.82 Å². The number of nitrogens with one attached hydrogen (secondary N) is 1. The van der Waals surface area contributed by atoms with Crippen molar-refractivity contribution in [3.63, 3.8) is 0 Å². The molecule has 7 heteroatoms. The van der Waals surface area contributed by atoms with Crippen LogP contribution >= 0.6 is 0 Å². The molecule has 0 fully saturated rings. The standard InChI is InChI=1S/C19H20FN3O3/c1-12(2)26-19(25)22-16-10-14-4-3-9-21-17(14)23(18(16)24)11-13-5-7-15(20)8-6-13/h3-9,12,16H,10-11H2,1-2H3,(H,22,25). The lowest BCUT2D eigenvalue weighted by Crippen LogP contribution is -2.53. The van der Waals surface area contributed by atoms with Gasteiger partial charge in [-0.25, -0.2) is 14.2 Å². The Morgan fingerprint density at radius 1 is 1.35 bits per heavy atom. The number of carbonyl (C=O) groups is 2. The largest absolute Gasteiger partial charge is 0.447 e. The summed E-state index contributed by atoms with van der Waals surface area (Å²) in [6.45, 7) is 3.71. The first-order chi connectivity index (χ1) is 12.4. The van der Waals surface area contributed by atoms with Crippen LogP contribution in [0.3, 0.4) is 0 Å². The van der Waals surface area contributed by atoms with Crippen molar-refractivity contribution in [3.05, 3.63) is 59.5 Å². The van der Waals surface area contributed by atoms with Crippen LogP contribution in [0.5, 0.6) is 0 Å². The second-order valence-electron chi connectivity index (χ2n) is 6.39. The number of hydrogen-bond acceptors (Lipinski definition) is 4. The Morgan fingerprint density at radius 2 is 2.08 bits per heavy atom. The highest BCUT2D eigenvalue weighted by Crippen LogP contribution is 2.27. The number of halogens is 1. The minimum atomic E-state index is -0.738. The highest BCUT2D eigenvalue weighted by atomic mass is 19.1. The minimum Gasteiger partial charge on any atom is -0.447 e. The molecule has 2 aromatic rings. The Bertz CT molecular complexity index is 808. The fraction of sp³-hybridized carbons (Fsp3) is 0.316. The number of pyridine rings is 1. The van der Waals surface area contributed by atoms with Crippen molar-refractivity contribution < 1.29 is 18.7 Å². The molecule has 26 heavy (non-hydrogen) atoms. The van der Waals surface area contributed by atoms with Crippen LogP contribution < -0.4 is 10.2 Å². The summed E-state index contributed by atoms with van der Waals surface area (Å²) in [6.07, 6.45) is 1.05. The van der Waals surface area contributed by atoms with Crippen molar-refractivity contribution in [3.8, 4) is 0 Å². The van der Waals surface area contributed by atoms with Gasteiger partial charge in [-0.1, -0.05) is 18.2 Å². The maximum atomic E-state index is 13.1. The molecule has 1 aliphatic rings. The molecule has 3 rings (SSSR count). The van der Waals surface area contributed by atoms with Crippen molar-refractivity contribution in [2.24, 2.45) is 0 Å². The van der Waals surface area contributed by atoms with Crippen LogP contribution in [0.2, 0.25) is 0 Å². The fourth-order valence-corrected chi connectivity index (χ4v) is 2.86. The van der Waals surface area contributed by atoms with Crippen LogP contribution in [0.15, 0.2) is 42.6 Å². The highest BCUT2D eigenvalue weighted by Gasteiger charge is 2.35. The van der Waals surface area contributed by atoms with Gasteiger partial charge in [-0.15, -0.1) is 0 Å². The molecule has 1 aromatic carbocycles. The number of hydrogen-bond donors (Lipinski definition) is 1. The van der Waals surface area contributed by atoms with Gasteiger partial charge in [-0.05, 0) is 43.2 Å². The molecule has 1 aliphatic heterocycles. The third-order valence-electron chi connectivity index (χ3n) is 4.00. The van der Waals surface area contributed by atoms with Crippen LogP contribution in [-0.2, 0) is 22.5 Å². The number of amides is 2. The number of alkyl carbamates (subject to hydrolysis) is 1. The van der Waals surface area contributed by atoms with E-state index in [0.29, 0.717) is 12.2 Å². The van der Waals surface area contributed by atoms with Gasteiger partial charge in [0.25, 0.3) is 5.91 Å². The van der Waals surface area contributed by atoms with Crippen LogP contribution in [0.25, 0.3) is 0 Å². The van der Waals surface area contributed by atoms with Gasteiger partial charge >= 0.3 is 6.09 Å². The van der Waals surface area contributed by atoms with Crippen LogP contribution in [0.1, 0.15) is 25.0 Å². The molecule has 1 N–H and O–H groups in total. The van der Waals surface area contributed by atoms with E-state index in [1.54, 1.807) is 38.2 Å². The second-order valence-corrected chi connectivity index (χ2v) is 6.39. The fourth-order valence-electron chi connectivity index (χ4n) is 2.86. The van der Waals surface area contributed by atoms with Gasteiger partial charge in [0.15, 0.2) is 0 Å². The van der Waals surface area contributed by atoms with E-state index in [2.05, 4.69) is 10.3 Å². The first-order valence-electron chi connectivity index (χ1n) is 8.41. The number of nitrogens with zero attached hydrogens (tertiary/aromatic N) is 2. The quantitative estimate of drug-likeness (QED) is 0.913. The Hall–Kier alpha value is -2.96. The highest BCUT2D eigenvalue weighted by molar-refractivity contribution is 6.00. The lowest BCUT2D eigenvalue weighted by atomic mass is 9.99. The van der Waals surface area contributed by atoms with Gasteiger partial charge in [0.05, 0.1) is 12.6 Å². The minimum absolute atomic E-state index is 0.237. The molecule has 136 valence electrons. The van der Waals surface area contributed by atoms with Gasteiger partial charge in [-0.3, -0.25) is 9.69 Å². The zero-order valence-corrected chi connectivity index (χ0v) is 14.6. The summed E-state index contributed by atoms with van der Waals surface area (Å²) in [5.41, 5.74) is 1.62. The number of rotatable bonds is 4. The van der Waals surface area contributed by atoms with Gasteiger partial charge in [0.1, 0.15) is 17.7 Å². The number of carbonyl (C=O) groups excluding carboxylic acids is 2. The Morgan fingerprint density at radius 3 is 2.77 bits per heavy atom. The van der Waals surface area contributed by atoms with Gasteiger partial charge in [-0.2, -0.15) is 0 Å². The summed E-state index contributed by atoms with van der Waals surface area (Å²) in [5.74, 6) is -0.0634. The maximum Gasteiger partial charge on any atom is 0.408 e. The topological polar surface area (TPSA) is 71.5 Å². The molecule has 2 amide bonds. The first-order valence-corrected chi connectivity index (χ1v) is 8.41. The lowest BCUT2D eigenvalue weighted by Gasteiger charge is -2.33. The van der Waals surface area contributed by atoms with Crippen molar-refractivity contribution in [1.29, 1.82) is 0 Å². The van der Waals surface area contributed by atoms with Crippen molar-refractivity contribution >= 4 is 17.8 Å². The Labute approximate surface area is 151 Å². The van der Waals surface area contributed by atoms with Crippen LogP contribution in [0.4, 0.5) is 15.0 Å². The van der Waals surface area contributed by atoms with Gasteiger partial charge in [0, 0.05) is 12.6 Å². The summed E-state index contributed by atoms with van der Waals surface area (Å²) in [6, 6.07) is 8.85. The molecule has 0 saturated carbocycles. The maximum absolute atomic E-state index is 13.1. The molecule has 1 atom stereocenters. The summed E-state index contributed by atoms with van der Waals surface area (Å²) >= 11 is 0. The van der Waals surface area contributed by atoms with E-state index < -0.39 is 12.1 Å². The number of aromatic nitrogens is 1. The molecule has 0 radical (unpaired) electrons. The first kappa shape index (κ1) is 17.8. The van der Waals surface area contributed by atoms with E-state index in [9.17, 15) is 14.0 Å². The third kappa shape index (κ3) is 3.99. The molecular weight excluding hydrogens is 337 g/mol. The molecular formula is C19H20FN3O3. The monoisotopic (exact) mass is 357 g/mol. The SMILES string of the molecule is CC(C)OC(=O)NC1Cc2cccnc2N(Cc2ccc(F)cc2)C1=O. The lowest BCUT2D eigenvalue weighted by molar-refractivity contribution is -0.121. The molecule has 6 nitrogen and oxygen atoms in total. The van der Waals surface area contributed by atoms with E-state index in [1.165, 1.54) is 17.0 Å². The predicted molar refractivity (Wildman–Crippen MR) is 94.1 cm³/mol. The number of fused-ring (bicyclic) bond motifs is 1. The van der Waals surface area contributed by atoms with Crippen molar-refractivity contribution in [2.75, 3.05) is 4.90 Å². The normalized spacial score (nSPS) is 16.4. The van der Waals surface area contributed by atoms with Crippen LogP contribution in [-0.4, -0.2) is 29.1 Å². The van der Waals surface area contributed by atoms with Gasteiger partial charge in [0.2, 0.25) is 0 Å². The van der Waals surface area contributed by atoms with Gasteiger partial charge < -0.3 is 10.1 Å². The van der Waals surface area contributed by atoms with Crippen molar-refractivity contribution in [1.82, 2.24) is 10.3 Å². The molecule has 1 aromatic heterocycles. The molecule has 0 saturated heterocycles. The van der Waals surface area contributed by atoms with E-state index in [4.69, 9.17) is 4.74 Å². The average molecular weight is 357 g/mol. The zero-order chi connectivity index (χ0) is 18.7. The molecule has 0 aliphatic carbocycles. The van der Waals surface area contributed by atoms with Crippen molar-refractivity contribution in [2.45, 2.75) is 39.0 Å². The molecule has 0 spiro atoms.